The van der Waals surface area contributed by atoms with Gasteiger partial charge in [0.2, 0.25) is 0 Å². The molecule has 5 aromatic rings. The van der Waals surface area contributed by atoms with E-state index in [-0.39, 0.29) is 51.9 Å². The van der Waals surface area contributed by atoms with Gasteiger partial charge in [0.05, 0.1) is 64.5 Å². The second-order valence-electron chi connectivity index (χ2n) is 55.7. The number of Topliss-reactive ketones (excluding diaryl/α,β-unsaturated/α-hetero) is 4. The van der Waals surface area contributed by atoms with Crippen LogP contribution in [0.3, 0.4) is 0 Å². The van der Waals surface area contributed by atoms with Gasteiger partial charge < -0.3 is 25.5 Å². The third-order valence-electron chi connectivity index (χ3n) is 47.9. The molecule has 0 aliphatic heterocycles. The molecule has 5 N–H and O–H groups in total. The number of allylic oxidation sites excluding steroid dienone is 1. The first kappa shape index (κ1) is 104. The van der Waals surface area contributed by atoms with Gasteiger partial charge in [0.25, 0.3) is 0 Å². The van der Waals surface area contributed by atoms with Gasteiger partial charge in [0.15, 0.2) is 29.0 Å². The van der Waals surface area contributed by atoms with Crippen molar-refractivity contribution in [3.8, 4) is 0 Å². The minimum atomic E-state index is -1.07. The number of hydrogen-bond donors (Lipinski definition) is 5. The standard InChI is InChI=1S/2C24H37N3O2.C24H37N3O.C23H34FN3O2.C23H36N4O2/c1-15-13-25-26-27(15)14-22(28)21-7-6-20-19-5-4-16-12-23(2,29)10-8-17(16)18(19)9-11-24(20,21)3;1-15-13-25-27(26-15)14-22(28)21-7-6-20-19-5-4-16-12-23(2,29)10-8-17(16)18(19)9-11-24(20,21)3;1-16(15-27-13-12-25-26-27)21-6-7-22-20-5-4-17-14-23(2,28)10-8-18(17)19(20)9-11-24(21,22)3;1-22-8-6-17-16-7-9-23(29,12-24)10-15(16)2-3-18(17)19(22)4-5-20(22)21(28)11-27-14-25-13-26-27;1-14-24-26-27(25-14)13-21(28)20-7-6-19-18-5-4-15-12-22(2,29)10-8-16(15)17(18)9-11-23(19,20)3/h2*13,16-21,29H,4-12,14H2,1-3H3;12-13,17-22,28H,1,4-11,14-15H2,2-3H3;13-20,29H,2-12H2,1H3;15-20,29H,4-13H2,1-3H3/t2*16-,17+,18-,19-,20+,21-,23-,24+;17-,18+,19-,20-,21-,22+,23-,24-;15-,16+,17-,18-,19+,20-,22+,23-;15-,16+,17-,18-,19+,20-,22-,23+/m11111/s1. The SMILES string of the molecule is C=C(Cn1ccnn1)[C@H]1CC[C@H]2[C@@H]3CC[C@@H]4C[C@](C)(O)CC[C@@H]4[C@H]3CC[C@]12C.C[C@]12CC[C@H]3[C@@H](CC[C@@H]4C[C@@](O)(CF)CC[C@@H]43)[C@@H]1CC[C@@H]2C(=O)Cn1cncn1.Cc1cnn(CC(=O)[C@H]2CC[C@H]3[C@@H]4CC[C@@H]5C[C@](C)(O)CC[C@@H]5[C@H]4CC[C@]23C)n1.Cc1cnnn1CC(=O)[C@H]1CC[C@H]2[C@@H]3CC[C@@H]4C[C@](C)(O)CC[C@@H]4[C@H]3CC[C@]12C.Cc1nnn(CC(=O)[C@H]2CC[C@H]3[C@@H]4CC[C@@H]5C[C@](C)(O)CC[C@@H]5[C@H]4CC[C@]23C)n1. The normalized spacial score (nSPS) is 46.8. The second kappa shape index (κ2) is 40.1. The maximum Gasteiger partial charge on any atom is 0.171 e. The molecule has 0 saturated heterocycles. The number of tetrazole rings is 1. The number of halogens is 1. The van der Waals surface area contributed by atoms with Crippen LogP contribution >= 0.6 is 0 Å². The van der Waals surface area contributed by atoms with Crippen LogP contribution in [0.15, 0.2) is 49.6 Å². The number of alkyl halides is 1. The summed E-state index contributed by atoms with van der Waals surface area (Å²) in [5.41, 5.74) is 1.39. The van der Waals surface area contributed by atoms with Crippen LogP contribution in [0.1, 0.15) is 368 Å². The Balaban J connectivity index is 0.000000106. The molecule has 25 nitrogen and oxygen atoms in total. The van der Waals surface area contributed by atoms with E-state index >= 15 is 0 Å². The fraction of sp³-hybridized carbons (Fsp3) is 0.873. The van der Waals surface area contributed by atoms with Gasteiger partial charge in [0.1, 0.15) is 45.5 Å². The Kier molecular flexibility index (Phi) is 28.8. The fourth-order valence-electron chi connectivity index (χ4n) is 41.5. The van der Waals surface area contributed by atoms with Gasteiger partial charge in [0, 0.05) is 29.9 Å². The highest BCUT2D eigenvalue weighted by Crippen LogP contribution is 2.72. The third-order valence-corrected chi connectivity index (χ3v) is 47.9. The van der Waals surface area contributed by atoms with Crippen molar-refractivity contribution in [1.29, 1.82) is 0 Å². The Morgan fingerprint density at radius 2 is 0.715 bits per heavy atom. The van der Waals surface area contributed by atoms with Crippen molar-refractivity contribution in [2.24, 2.45) is 205 Å². The number of carbonyl (C=O) groups excluding carboxylic acids is 4. The van der Waals surface area contributed by atoms with E-state index in [1.165, 1.54) is 190 Å². The van der Waals surface area contributed by atoms with E-state index in [1.807, 2.05) is 52.4 Å². The van der Waals surface area contributed by atoms with Crippen LogP contribution < -0.4 is 0 Å². The zero-order chi connectivity index (χ0) is 101. The molecule has 40 atom stereocenters. The minimum Gasteiger partial charge on any atom is -0.390 e. The molecule has 144 heavy (non-hydrogen) atoms. The van der Waals surface area contributed by atoms with Crippen LogP contribution in [0.25, 0.3) is 0 Å². The van der Waals surface area contributed by atoms with Crippen LogP contribution in [0.4, 0.5) is 4.39 Å². The molecule has 0 spiro atoms. The minimum absolute atomic E-state index is 0.111. The zero-order valence-electron chi connectivity index (χ0n) is 90.0. The molecule has 0 aromatic carbocycles. The highest BCUT2D eigenvalue weighted by molar-refractivity contribution is 5.83. The predicted molar refractivity (Wildman–Crippen MR) is 548 cm³/mol. The Labute approximate surface area is 858 Å². The maximum atomic E-state index is 13.3. The highest BCUT2D eigenvalue weighted by Gasteiger charge is 2.66. The quantitative estimate of drug-likeness (QED) is 0.0573. The average molecular weight is 1990 g/mol. The van der Waals surface area contributed by atoms with Gasteiger partial charge in [-0.3, -0.25) is 19.2 Å². The number of fused-ring (bicyclic) bond motifs is 25. The highest BCUT2D eigenvalue weighted by atomic mass is 19.1. The fourth-order valence-corrected chi connectivity index (χ4v) is 41.5. The second-order valence-corrected chi connectivity index (χ2v) is 55.7. The van der Waals surface area contributed by atoms with Crippen molar-refractivity contribution >= 4 is 23.1 Å². The molecular weight excluding hydrogens is 1800 g/mol. The third kappa shape index (κ3) is 19.7. The number of ketones is 4. The molecule has 26 heteroatoms. The van der Waals surface area contributed by atoms with E-state index in [9.17, 15) is 49.1 Å². The summed E-state index contributed by atoms with van der Waals surface area (Å²) in [6, 6.07) is 0. The number of aliphatic hydroxyl groups is 5. The van der Waals surface area contributed by atoms with E-state index in [1.54, 1.807) is 39.1 Å². The Bertz CT molecular complexity index is 5210. The predicted octanol–water partition coefficient (Wildman–Crippen LogP) is 20.6. The molecule has 25 rings (SSSR count). The van der Waals surface area contributed by atoms with Crippen molar-refractivity contribution in [3.05, 3.63) is 66.8 Å². The molecule has 0 unspecified atom stereocenters. The van der Waals surface area contributed by atoms with Crippen molar-refractivity contribution in [1.82, 2.24) is 80.0 Å². The molecule has 0 amide bonds. The van der Waals surface area contributed by atoms with Crippen molar-refractivity contribution in [3.63, 3.8) is 0 Å². The summed E-state index contributed by atoms with van der Waals surface area (Å²) in [7, 11) is 0. The largest absolute Gasteiger partial charge is 0.390 e. The Morgan fingerprint density at radius 3 is 1.06 bits per heavy atom. The van der Waals surface area contributed by atoms with Gasteiger partial charge in [-0.15, -0.1) is 20.4 Å². The summed E-state index contributed by atoms with van der Waals surface area (Å²) >= 11 is 0. The van der Waals surface area contributed by atoms with Gasteiger partial charge >= 0.3 is 0 Å². The van der Waals surface area contributed by atoms with Crippen molar-refractivity contribution < 1.29 is 49.1 Å². The molecule has 20 aliphatic carbocycles. The number of hydrogen-bond acceptors (Lipinski definition) is 20. The van der Waals surface area contributed by atoms with E-state index in [4.69, 9.17) is 0 Å². The lowest BCUT2D eigenvalue weighted by Gasteiger charge is -2.57. The summed E-state index contributed by atoms with van der Waals surface area (Å²) in [5, 5.41) is 93.8. The molecule has 5 heterocycles. The van der Waals surface area contributed by atoms with E-state index in [0.717, 1.165) is 215 Å². The van der Waals surface area contributed by atoms with Gasteiger partial charge in [-0.2, -0.15) is 24.9 Å². The number of rotatable bonds is 16. The molecule has 20 aliphatic rings. The summed E-state index contributed by atoms with van der Waals surface area (Å²) in [4.78, 5) is 59.8. The van der Waals surface area contributed by atoms with Crippen LogP contribution in [0.2, 0.25) is 0 Å². The van der Waals surface area contributed by atoms with E-state index in [2.05, 4.69) is 104 Å². The summed E-state index contributed by atoms with van der Waals surface area (Å²) in [6.45, 7) is 32.1. The van der Waals surface area contributed by atoms with Crippen LogP contribution in [-0.2, 0) is 51.9 Å². The summed E-state index contributed by atoms with van der Waals surface area (Å²) in [5.74, 6) is 22.2. The number of nitrogens with zero attached hydrogens (tertiary/aromatic N) is 16. The van der Waals surface area contributed by atoms with Gasteiger partial charge in [-0.05, 0) is 524 Å². The Morgan fingerprint density at radius 1 is 0.354 bits per heavy atom. The van der Waals surface area contributed by atoms with Crippen LogP contribution in [0, 0.1) is 225 Å². The van der Waals surface area contributed by atoms with E-state index < -0.39 is 34.7 Å². The molecule has 0 radical (unpaired) electrons. The first-order chi connectivity index (χ1) is 68.6. The molecule has 20 saturated carbocycles. The number of aromatic nitrogens is 16. The monoisotopic (exact) mass is 1990 g/mol. The lowest BCUT2D eigenvalue weighted by molar-refractivity contribution is -0.134. The molecule has 5 aromatic heterocycles. The van der Waals surface area contributed by atoms with Crippen LogP contribution in [-0.4, -0.2) is 163 Å². The summed E-state index contributed by atoms with van der Waals surface area (Å²) in [6.07, 6.45) is 62.3. The molecular formula is C118H181FN16O9. The molecule has 20 fully saturated rings. The van der Waals surface area contributed by atoms with Gasteiger partial charge in [-0.1, -0.05) is 57.2 Å². The lowest BCUT2D eigenvalue weighted by Crippen LogP contribution is -2.52. The van der Waals surface area contributed by atoms with E-state index in [0.29, 0.717) is 126 Å². The maximum absolute atomic E-state index is 13.3. The Hall–Kier alpha value is -6.22. The topological polar surface area (TPSA) is 336 Å². The molecule has 0 bridgehead atoms. The first-order valence-corrected chi connectivity index (χ1v) is 58.7. The average Bonchev–Trinajstić information content (AvgIpc) is 1.54. The zero-order valence-corrected chi connectivity index (χ0v) is 90.0. The molecule has 794 valence electrons. The number of aryl methyl sites for hydroxylation is 3. The smallest absolute Gasteiger partial charge is 0.171 e. The summed E-state index contributed by atoms with van der Waals surface area (Å²) < 4.78 is 18.7. The van der Waals surface area contributed by atoms with Gasteiger partial charge in [-0.25, -0.2) is 23.4 Å². The lowest BCUT2D eigenvalue weighted by atomic mass is 9.49. The first-order valence-electron chi connectivity index (χ1n) is 58.7. The number of carbonyl (C=O) groups is 4. The van der Waals surface area contributed by atoms with Crippen LogP contribution in [0.5, 0.6) is 0 Å². The van der Waals surface area contributed by atoms with Crippen molar-refractivity contribution in [2.45, 2.75) is 433 Å². The van der Waals surface area contributed by atoms with Crippen molar-refractivity contribution in [2.75, 3.05) is 6.67 Å².